The van der Waals surface area contributed by atoms with Crippen LogP contribution in [0.2, 0.25) is 5.02 Å². The van der Waals surface area contributed by atoms with Crippen LogP contribution in [0.25, 0.3) is 11.3 Å². The molecule has 0 saturated heterocycles. The van der Waals surface area contributed by atoms with Crippen molar-refractivity contribution in [2.45, 2.75) is 39.3 Å². The van der Waals surface area contributed by atoms with Crippen molar-refractivity contribution in [2.24, 2.45) is 0 Å². The van der Waals surface area contributed by atoms with E-state index >= 15 is 0 Å². The Bertz CT molecular complexity index is 1150. The maximum absolute atomic E-state index is 14.9. The highest BCUT2D eigenvalue weighted by Crippen LogP contribution is 2.28. The van der Waals surface area contributed by atoms with Crippen LogP contribution in [0.5, 0.6) is 5.75 Å². The Morgan fingerprint density at radius 3 is 2.76 bits per heavy atom. The molecule has 3 aromatic rings. The molecule has 7 heteroatoms. The summed E-state index contributed by atoms with van der Waals surface area (Å²) >= 11 is 6.34. The molecule has 0 unspecified atom stereocenters. The molecule has 1 aromatic heterocycles. The van der Waals surface area contributed by atoms with Gasteiger partial charge in [0, 0.05) is 47.9 Å². The van der Waals surface area contributed by atoms with Gasteiger partial charge in [-0.2, -0.15) is 0 Å². The SMILES string of the molecule is CCc1cccc(Cl)c1COc1ccc(-c2nc3c(cc2F)CN(CCC(=O)O)CC3)cc1. The van der Waals surface area contributed by atoms with E-state index in [1.54, 1.807) is 0 Å². The number of aryl methyl sites for hydroxylation is 1. The van der Waals surface area contributed by atoms with Gasteiger partial charge in [-0.15, -0.1) is 0 Å². The molecule has 1 aliphatic heterocycles. The number of hydrogen-bond donors (Lipinski definition) is 1. The fraction of sp³-hybridized carbons (Fsp3) is 0.308. The summed E-state index contributed by atoms with van der Waals surface area (Å²) in [5.41, 5.74) is 4.82. The van der Waals surface area contributed by atoms with E-state index in [0.29, 0.717) is 54.7 Å². The first-order valence-electron chi connectivity index (χ1n) is 11.1. The Labute approximate surface area is 197 Å². The first-order chi connectivity index (χ1) is 15.9. The summed E-state index contributed by atoms with van der Waals surface area (Å²) < 4.78 is 20.8. The molecule has 0 bridgehead atoms. The smallest absolute Gasteiger partial charge is 0.304 e. The molecule has 5 nitrogen and oxygen atoms in total. The minimum Gasteiger partial charge on any atom is -0.489 e. The lowest BCUT2D eigenvalue weighted by molar-refractivity contribution is -0.137. The first kappa shape index (κ1) is 23.2. The van der Waals surface area contributed by atoms with Gasteiger partial charge in [-0.1, -0.05) is 30.7 Å². The monoisotopic (exact) mass is 468 g/mol. The number of nitrogens with zero attached hydrogens (tertiary/aromatic N) is 2. The summed E-state index contributed by atoms with van der Waals surface area (Å²) in [6, 6.07) is 14.6. The minimum atomic E-state index is -0.828. The molecule has 0 amide bonds. The maximum atomic E-state index is 14.9. The number of hydrogen-bond acceptors (Lipinski definition) is 4. The number of carboxylic acid groups (broad SMARTS) is 1. The largest absolute Gasteiger partial charge is 0.489 e. The lowest BCUT2D eigenvalue weighted by Gasteiger charge is -2.28. The number of carbonyl (C=O) groups is 1. The predicted octanol–water partition coefficient (Wildman–Crippen LogP) is 5.52. The Balaban J connectivity index is 1.46. The second kappa shape index (κ2) is 10.3. The van der Waals surface area contributed by atoms with Gasteiger partial charge in [0.25, 0.3) is 0 Å². The number of halogens is 2. The molecule has 1 N–H and O–H groups in total. The van der Waals surface area contributed by atoms with Gasteiger partial charge in [0.2, 0.25) is 0 Å². The van der Waals surface area contributed by atoms with E-state index in [1.165, 1.54) is 6.07 Å². The van der Waals surface area contributed by atoms with Crippen LogP contribution < -0.4 is 4.74 Å². The van der Waals surface area contributed by atoms with Crippen LogP contribution >= 0.6 is 11.6 Å². The summed E-state index contributed by atoms with van der Waals surface area (Å²) in [6.45, 7) is 4.13. The van der Waals surface area contributed by atoms with Crippen molar-refractivity contribution < 1.29 is 19.0 Å². The molecule has 0 aliphatic carbocycles. The molecule has 2 heterocycles. The Hall–Kier alpha value is -2.96. The zero-order valence-electron chi connectivity index (χ0n) is 18.5. The third-order valence-corrected chi connectivity index (χ3v) is 6.31. The van der Waals surface area contributed by atoms with Crippen molar-refractivity contribution in [3.63, 3.8) is 0 Å². The summed E-state index contributed by atoms with van der Waals surface area (Å²) in [5, 5.41) is 9.57. The fourth-order valence-electron chi connectivity index (χ4n) is 4.11. The molecule has 0 fully saturated rings. The molecule has 0 spiro atoms. The molecular formula is C26H26ClFN2O3. The summed E-state index contributed by atoms with van der Waals surface area (Å²) in [6.07, 6.45) is 1.62. The lowest BCUT2D eigenvalue weighted by Crippen LogP contribution is -2.33. The molecule has 0 radical (unpaired) electrons. The number of ether oxygens (including phenoxy) is 1. The summed E-state index contributed by atoms with van der Waals surface area (Å²) in [7, 11) is 0. The average molecular weight is 469 g/mol. The quantitative estimate of drug-likeness (QED) is 0.472. The van der Waals surface area contributed by atoms with Gasteiger partial charge in [0.1, 0.15) is 23.9 Å². The highest BCUT2D eigenvalue weighted by atomic mass is 35.5. The van der Waals surface area contributed by atoms with Gasteiger partial charge < -0.3 is 9.84 Å². The molecular weight excluding hydrogens is 443 g/mol. The van der Waals surface area contributed by atoms with Gasteiger partial charge in [0.15, 0.2) is 0 Å². The second-order valence-corrected chi connectivity index (χ2v) is 8.55. The summed E-state index contributed by atoms with van der Waals surface area (Å²) in [5.74, 6) is -0.537. The van der Waals surface area contributed by atoms with Gasteiger partial charge >= 0.3 is 5.97 Å². The standard InChI is InChI=1S/C26H26ClFN2O3/c1-2-17-4-3-5-22(27)21(17)16-33-20-8-6-18(7-9-20)26-23(28)14-19-15-30(13-11-25(31)32)12-10-24(19)29-26/h3-9,14H,2,10-13,15-16H2,1H3,(H,31,32). The van der Waals surface area contributed by atoms with E-state index in [0.717, 1.165) is 28.8 Å². The van der Waals surface area contributed by atoms with Gasteiger partial charge in [-0.3, -0.25) is 9.69 Å². The van der Waals surface area contributed by atoms with E-state index in [9.17, 15) is 9.18 Å². The van der Waals surface area contributed by atoms with Crippen molar-refractivity contribution in [1.82, 2.24) is 9.88 Å². The molecule has 0 saturated carbocycles. The van der Waals surface area contributed by atoms with Crippen LogP contribution in [-0.2, 0) is 30.8 Å². The number of pyridine rings is 1. The number of aliphatic carboxylic acids is 1. The maximum Gasteiger partial charge on any atom is 0.304 e. The Morgan fingerprint density at radius 1 is 1.24 bits per heavy atom. The normalized spacial score (nSPS) is 13.5. The van der Waals surface area contributed by atoms with Gasteiger partial charge in [0.05, 0.1) is 6.42 Å². The molecule has 33 heavy (non-hydrogen) atoms. The zero-order chi connectivity index (χ0) is 23.4. The molecule has 4 rings (SSSR count). The average Bonchev–Trinajstić information content (AvgIpc) is 2.81. The summed E-state index contributed by atoms with van der Waals surface area (Å²) in [4.78, 5) is 17.4. The van der Waals surface area contributed by atoms with Crippen LogP contribution in [0, 0.1) is 5.82 Å². The van der Waals surface area contributed by atoms with E-state index in [-0.39, 0.29) is 12.2 Å². The third kappa shape index (κ3) is 5.52. The van der Waals surface area contributed by atoms with E-state index < -0.39 is 5.97 Å². The molecule has 2 aromatic carbocycles. The van der Waals surface area contributed by atoms with Crippen molar-refractivity contribution in [3.8, 4) is 17.0 Å². The van der Waals surface area contributed by atoms with E-state index in [2.05, 4.69) is 11.9 Å². The zero-order valence-corrected chi connectivity index (χ0v) is 19.2. The highest BCUT2D eigenvalue weighted by molar-refractivity contribution is 6.31. The van der Waals surface area contributed by atoms with Crippen LogP contribution in [0.1, 0.15) is 35.7 Å². The number of rotatable bonds is 8. The van der Waals surface area contributed by atoms with Crippen molar-refractivity contribution >= 4 is 17.6 Å². The molecule has 172 valence electrons. The molecule has 1 aliphatic rings. The third-order valence-electron chi connectivity index (χ3n) is 5.95. The van der Waals surface area contributed by atoms with Crippen molar-refractivity contribution in [3.05, 3.63) is 81.8 Å². The van der Waals surface area contributed by atoms with Crippen molar-refractivity contribution in [2.75, 3.05) is 13.1 Å². The predicted molar refractivity (Wildman–Crippen MR) is 126 cm³/mol. The number of fused-ring (bicyclic) bond motifs is 1. The van der Waals surface area contributed by atoms with Crippen LogP contribution in [0.3, 0.4) is 0 Å². The van der Waals surface area contributed by atoms with Crippen LogP contribution in [0.4, 0.5) is 4.39 Å². The number of aromatic nitrogens is 1. The van der Waals surface area contributed by atoms with E-state index in [1.807, 2.05) is 47.4 Å². The fourth-order valence-corrected chi connectivity index (χ4v) is 4.36. The Kier molecular flexibility index (Phi) is 7.26. The van der Waals surface area contributed by atoms with Crippen LogP contribution in [0.15, 0.2) is 48.5 Å². The van der Waals surface area contributed by atoms with E-state index in [4.69, 9.17) is 21.4 Å². The van der Waals surface area contributed by atoms with Crippen molar-refractivity contribution in [1.29, 1.82) is 0 Å². The topological polar surface area (TPSA) is 62.7 Å². The highest BCUT2D eigenvalue weighted by Gasteiger charge is 2.21. The number of carboxylic acids is 1. The van der Waals surface area contributed by atoms with Gasteiger partial charge in [-0.25, -0.2) is 9.37 Å². The minimum absolute atomic E-state index is 0.0774. The lowest BCUT2D eigenvalue weighted by atomic mass is 10.0. The van der Waals surface area contributed by atoms with Crippen LogP contribution in [-0.4, -0.2) is 34.0 Å². The molecule has 0 atom stereocenters. The van der Waals surface area contributed by atoms with Gasteiger partial charge in [-0.05, 0) is 53.9 Å². The second-order valence-electron chi connectivity index (χ2n) is 8.14. The number of benzene rings is 2. The first-order valence-corrected chi connectivity index (χ1v) is 11.4. The Morgan fingerprint density at radius 2 is 2.03 bits per heavy atom.